The van der Waals surface area contributed by atoms with Gasteiger partial charge in [-0.1, -0.05) is 30.7 Å². The summed E-state index contributed by atoms with van der Waals surface area (Å²) >= 11 is 6.27. The van der Waals surface area contributed by atoms with E-state index in [1.54, 1.807) is 7.11 Å². The first kappa shape index (κ1) is 20.0. The smallest absolute Gasteiger partial charge is 0.139 e. The molecule has 4 rings (SSSR count). The molecule has 0 spiro atoms. The summed E-state index contributed by atoms with van der Waals surface area (Å²) in [4.78, 5) is 7.10. The molecule has 0 N–H and O–H groups in total. The number of halogens is 1. The highest BCUT2D eigenvalue weighted by atomic mass is 35.5. The normalized spacial score (nSPS) is 15.6. The lowest BCUT2D eigenvalue weighted by atomic mass is 10.0. The zero-order valence-electron chi connectivity index (χ0n) is 17.0. The van der Waals surface area contributed by atoms with Gasteiger partial charge in [-0.05, 0) is 55.6 Å². The van der Waals surface area contributed by atoms with E-state index < -0.39 is 0 Å². The molecule has 0 amide bonds. The first-order chi connectivity index (χ1) is 14.2. The Morgan fingerprint density at radius 3 is 2.52 bits per heavy atom. The Labute approximate surface area is 177 Å². The number of likely N-dealkylation sites (tertiary alicyclic amines) is 1. The van der Waals surface area contributed by atoms with Crippen LogP contribution >= 0.6 is 11.6 Å². The number of benzene rings is 2. The average molecular weight is 411 g/mol. The molecule has 1 aliphatic rings. The van der Waals surface area contributed by atoms with Crippen LogP contribution in [0.2, 0.25) is 5.02 Å². The molecule has 0 bridgehead atoms. The van der Waals surface area contributed by atoms with Gasteiger partial charge in [-0.2, -0.15) is 0 Å². The van der Waals surface area contributed by atoms with Crippen molar-refractivity contribution in [2.75, 3.05) is 26.7 Å². The minimum atomic E-state index is 0.313. The van der Waals surface area contributed by atoms with Crippen molar-refractivity contribution in [3.63, 3.8) is 0 Å². The van der Waals surface area contributed by atoms with Crippen LogP contribution in [-0.4, -0.2) is 42.7 Å². The van der Waals surface area contributed by atoms with E-state index in [1.807, 2.05) is 18.3 Å². The molecule has 1 saturated heterocycles. The van der Waals surface area contributed by atoms with Gasteiger partial charge in [-0.3, -0.25) is 4.98 Å². The zero-order valence-corrected chi connectivity index (χ0v) is 17.8. The van der Waals surface area contributed by atoms with Crippen LogP contribution in [0.1, 0.15) is 26.2 Å². The first-order valence-corrected chi connectivity index (χ1v) is 10.7. The fourth-order valence-corrected chi connectivity index (χ4v) is 4.18. The summed E-state index contributed by atoms with van der Waals surface area (Å²) in [6, 6.07) is 14.2. The van der Waals surface area contributed by atoms with Crippen LogP contribution in [-0.2, 0) is 0 Å². The van der Waals surface area contributed by atoms with Gasteiger partial charge in [0.2, 0.25) is 0 Å². The van der Waals surface area contributed by atoms with Gasteiger partial charge >= 0.3 is 0 Å². The van der Waals surface area contributed by atoms with E-state index in [2.05, 4.69) is 47.1 Å². The molecule has 0 atom stereocenters. The van der Waals surface area contributed by atoms with Crippen molar-refractivity contribution in [3.05, 3.63) is 53.7 Å². The molecule has 0 radical (unpaired) electrons. The largest absolute Gasteiger partial charge is 0.495 e. The Hall–Kier alpha value is -2.30. The standard InChI is InChI=1S/C24H27ClN2O2/c1-3-10-27-11-8-21(9-12-27)29-20-6-4-17(5-7-20)19-13-18-14-22(25)24(28-2)15-23(18)26-16-19/h4-7,13-16,21H,3,8-12H2,1-2H3. The Balaban J connectivity index is 1.45. The number of pyridine rings is 1. The van der Waals surface area contributed by atoms with Crippen LogP contribution in [0.15, 0.2) is 48.7 Å². The molecule has 29 heavy (non-hydrogen) atoms. The second-order valence-corrected chi connectivity index (χ2v) is 7.99. The third kappa shape index (κ3) is 4.65. The van der Waals surface area contributed by atoms with E-state index in [1.165, 1.54) is 13.0 Å². The fourth-order valence-electron chi connectivity index (χ4n) is 3.93. The summed E-state index contributed by atoms with van der Waals surface area (Å²) in [5.41, 5.74) is 3.03. The Bertz CT molecular complexity index is 967. The van der Waals surface area contributed by atoms with Crippen molar-refractivity contribution < 1.29 is 9.47 Å². The third-order valence-corrected chi connectivity index (χ3v) is 5.82. The van der Waals surface area contributed by atoms with Crippen LogP contribution in [0.5, 0.6) is 11.5 Å². The lowest BCUT2D eigenvalue weighted by Crippen LogP contribution is -2.38. The van der Waals surface area contributed by atoms with Gasteiger partial charge in [-0.15, -0.1) is 0 Å². The predicted octanol–water partition coefficient (Wildman–Crippen LogP) is 5.82. The van der Waals surface area contributed by atoms with E-state index in [9.17, 15) is 0 Å². The van der Waals surface area contributed by atoms with Crippen molar-refractivity contribution in [1.29, 1.82) is 0 Å². The number of fused-ring (bicyclic) bond motifs is 1. The van der Waals surface area contributed by atoms with Gasteiger partial charge in [0.25, 0.3) is 0 Å². The highest BCUT2D eigenvalue weighted by Gasteiger charge is 2.19. The molecule has 1 aliphatic heterocycles. The summed E-state index contributed by atoms with van der Waals surface area (Å²) in [6.07, 6.45) is 5.61. The van der Waals surface area contributed by atoms with Crippen molar-refractivity contribution in [2.24, 2.45) is 0 Å². The average Bonchev–Trinajstić information content (AvgIpc) is 2.75. The van der Waals surface area contributed by atoms with E-state index >= 15 is 0 Å². The van der Waals surface area contributed by atoms with Gasteiger partial charge in [0, 0.05) is 36.3 Å². The Morgan fingerprint density at radius 2 is 1.83 bits per heavy atom. The Kier molecular flexibility index (Phi) is 6.22. The molecule has 0 saturated carbocycles. The van der Waals surface area contributed by atoms with Crippen LogP contribution < -0.4 is 9.47 Å². The SMILES string of the molecule is CCCN1CCC(Oc2ccc(-c3cnc4cc(OC)c(Cl)cc4c3)cc2)CC1. The van der Waals surface area contributed by atoms with Gasteiger partial charge in [0.15, 0.2) is 0 Å². The molecule has 5 heteroatoms. The summed E-state index contributed by atoms with van der Waals surface area (Å²) in [5, 5.41) is 1.58. The van der Waals surface area contributed by atoms with Gasteiger partial charge in [0.1, 0.15) is 17.6 Å². The van der Waals surface area contributed by atoms with E-state index in [0.29, 0.717) is 16.9 Å². The van der Waals surface area contributed by atoms with Crippen LogP contribution in [0.3, 0.4) is 0 Å². The number of methoxy groups -OCH3 is 1. The first-order valence-electron chi connectivity index (χ1n) is 10.3. The molecule has 152 valence electrons. The number of piperidine rings is 1. The molecule has 1 aromatic heterocycles. The highest BCUT2D eigenvalue weighted by molar-refractivity contribution is 6.32. The quantitative estimate of drug-likeness (QED) is 0.513. The number of rotatable bonds is 6. The molecule has 2 heterocycles. The number of nitrogens with zero attached hydrogens (tertiary/aromatic N) is 2. The van der Waals surface area contributed by atoms with Crippen molar-refractivity contribution in [2.45, 2.75) is 32.3 Å². The van der Waals surface area contributed by atoms with Gasteiger partial charge < -0.3 is 14.4 Å². The second-order valence-electron chi connectivity index (χ2n) is 7.59. The van der Waals surface area contributed by atoms with Crippen molar-refractivity contribution >= 4 is 22.5 Å². The summed E-state index contributed by atoms with van der Waals surface area (Å²) in [6.45, 7) is 5.69. The molecule has 1 fully saturated rings. The predicted molar refractivity (Wildman–Crippen MR) is 119 cm³/mol. The number of hydrogen-bond acceptors (Lipinski definition) is 4. The van der Waals surface area contributed by atoms with Crippen molar-refractivity contribution in [3.8, 4) is 22.6 Å². The maximum atomic E-state index is 6.27. The Morgan fingerprint density at radius 1 is 1.07 bits per heavy atom. The van der Waals surface area contributed by atoms with Crippen LogP contribution in [0.25, 0.3) is 22.0 Å². The topological polar surface area (TPSA) is 34.6 Å². The van der Waals surface area contributed by atoms with Crippen molar-refractivity contribution in [1.82, 2.24) is 9.88 Å². The van der Waals surface area contributed by atoms with Gasteiger partial charge in [-0.25, -0.2) is 0 Å². The minimum absolute atomic E-state index is 0.313. The minimum Gasteiger partial charge on any atom is -0.495 e. The molecular formula is C24H27ClN2O2. The summed E-state index contributed by atoms with van der Waals surface area (Å²) in [5.74, 6) is 1.57. The number of aromatic nitrogens is 1. The molecule has 4 nitrogen and oxygen atoms in total. The lowest BCUT2D eigenvalue weighted by Gasteiger charge is -2.31. The van der Waals surface area contributed by atoms with E-state index in [0.717, 1.165) is 53.7 Å². The molecule has 0 unspecified atom stereocenters. The van der Waals surface area contributed by atoms with Crippen LogP contribution in [0.4, 0.5) is 0 Å². The fraction of sp³-hybridized carbons (Fsp3) is 0.375. The number of hydrogen-bond donors (Lipinski definition) is 0. The third-order valence-electron chi connectivity index (χ3n) is 5.52. The molecule has 0 aliphatic carbocycles. The zero-order chi connectivity index (χ0) is 20.2. The monoisotopic (exact) mass is 410 g/mol. The number of ether oxygens (including phenoxy) is 2. The van der Waals surface area contributed by atoms with E-state index in [4.69, 9.17) is 21.1 Å². The lowest BCUT2D eigenvalue weighted by molar-refractivity contribution is 0.101. The molecular weight excluding hydrogens is 384 g/mol. The van der Waals surface area contributed by atoms with Gasteiger partial charge in [0.05, 0.1) is 17.6 Å². The maximum Gasteiger partial charge on any atom is 0.139 e. The summed E-state index contributed by atoms with van der Waals surface area (Å²) in [7, 11) is 1.61. The molecule has 2 aromatic carbocycles. The second kappa shape index (κ2) is 9.02. The summed E-state index contributed by atoms with van der Waals surface area (Å²) < 4.78 is 11.5. The van der Waals surface area contributed by atoms with E-state index in [-0.39, 0.29) is 0 Å². The highest BCUT2D eigenvalue weighted by Crippen LogP contribution is 2.31. The molecule has 3 aromatic rings. The van der Waals surface area contributed by atoms with Crippen LogP contribution in [0, 0.1) is 0 Å². The maximum absolute atomic E-state index is 6.27.